The summed E-state index contributed by atoms with van der Waals surface area (Å²) in [5, 5.41) is 3.00. The highest BCUT2D eigenvalue weighted by atomic mass is 19.1. The maximum Gasteiger partial charge on any atom is 0.224 e. The largest absolute Gasteiger partial charge is 0.355 e. The first-order valence-electron chi connectivity index (χ1n) is 11.8. The second-order valence-electron chi connectivity index (χ2n) is 9.29. The molecule has 36 heavy (non-hydrogen) atoms. The Labute approximate surface area is 208 Å². The third-order valence-corrected chi connectivity index (χ3v) is 6.12. The molecule has 1 aliphatic rings. The molecule has 0 radical (unpaired) electrons. The molecule has 7 nitrogen and oxygen atoms in total. The van der Waals surface area contributed by atoms with Gasteiger partial charge in [0, 0.05) is 35.5 Å². The molecule has 0 saturated carbocycles. The van der Waals surface area contributed by atoms with Crippen molar-refractivity contribution in [1.29, 1.82) is 0 Å². The summed E-state index contributed by atoms with van der Waals surface area (Å²) >= 11 is 0. The second kappa shape index (κ2) is 10.4. The van der Waals surface area contributed by atoms with Crippen molar-refractivity contribution in [2.24, 2.45) is 5.41 Å². The minimum Gasteiger partial charge on any atom is -0.355 e. The third-order valence-electron chi connectivity index (χ3n) is 6.12. The van der Waals surface area contributed by atoms with Gasteiger partial charge in [-0.2, -0.15) is 0 Å². The molecule has 2 aromatic carbocycles. The Kier molecular flexibility index (Phi) is 6.88. The van der Waals surface area contributed by atoms with Crippen molar-refractivity contribution in [2.45, 2.75) is 19.6 Å². The van der Waals surface area contributed by atoms with Crippen LogP contribution in [0.3, 0.4) is 0 Å². The third kappa shape index (κ3) is 5.50. The summed E-state index contributed by atoms with van der Waals surface area (Å²) < 4.78 is 25.6. The van der Waals surface area contributed by atoms with Crippen molar-refractivity contribution in [3.8, 4) is 22.5 Å². The van der Waals surface area contributed by atoms with Crippen LogP contribution in [0.1, 0.15) is 24.6 Å². The van der Waals surface area contributed by atoms with E-state index < -0.39 is 6.29 Å². The van der Waals surface area contributed by atoms with E-state index in [1.165, 1.54) is 12.1 Å². The molecule has 0 aliphatic carbocycles. The molecule has 1 fully saturated rings. The van der Waals surface area contributed by atoms with E-state index >= 15 is 0 Å². The first-order chi connectivity index (χ1) is 17.5. The Hall–Kier alpha value is -3.88. The van der Waals surface area contributed by atoms with E-state index in [1.807, 2.05) is 49.4 Å². The van der Waals surface area contributed by atoms with Crippen LogP contribution in [0, 0.1) is 11.2 Å². The van der Waals surface area contributed by atoms with Gasteiger partial charge < -0.3 is 19.8 Å². The molecule has 2 aromatic heterocycles. The number of hydrogen-bond acceptors (Lipinski definition) is 5. The number of H-pyrrole nitrogens is 1. The van der Waals surface area contributed by atoms with Crippen LogP contribution >= 0.6 is 0 Å². The maximum absolute atomic E-state index is 13.5. The Balaban J connectivity index is 1.27. The van der Waals surface area contributed by atoms with E-state index in [4.69, 9.17) is 14.5 Å². The van der Waals surface area contributed by atoms with Crippen LogP contribution in [0.15, 0.2) is 79.1 Å². The molecule has 1 aliphatic heterocycles. The lowest BCUT2D eigenvalue weighted by Gasteiger charge is -2.36. The molecule has 0 bridgehead atoms. The number of nitrogens with zero attached hydrogens (tertiary/aromatic N) is 2. The molecule has 0 atom stereocenters. The van der Waals surface area contributed by atoms with Gasteiger partial charge in [0.2, 0.25) is 12.2 Å². The number of rotatable bonds is 7. The Morgan fingerprint density at radius 2 is 1.72 bits per heavy atom. The van der Waals surface area contributed by atoms with Crippen molar-refractivity contribution >= 4 is 5.91 Å². The number of aromatic nitrogens is 3. The van der Waals surface area contributed by atoms with E-state index in [9.17, 15) is 9.18 Å². The summed E-state index contributed by atoms with van der Waals surface area (Å²) in [6.07, 6.45) is 3.05. The minimum atomic E-state index is -0.687. The lowest BCUT2D eigenvalue weighted by Crippen LogP contribution is -2.45. The summed E-state index contributed by atoms with van der Waals surface area (Å²) in [5.74, 6) is 0.173. The van der Waals surface area contributed by atoms with Gasteiger partial charge in [-0.05, 0) is 42.0 Å². The van der Waals surface area contributed by atoms with Crippen molar-refractivity contribution in [1.82, 2.24) is 20.3 Å². The number of imidazole rings is 1. The van der Waals surface area contributed by atoms with E-state index in [0.717, 1.165) is 22.4 Å². The monoisotopic (exact) mass is 486 g/mol. The highest BCUT2D eigenvalue weighted by Gasteiger charge is 2.35. The van der Waals surface area contributed by atoms with Gasteiger partial charge in [0.05, 0.1) is 31.0 Å². The molecule has 0 spiro atoms. The molecule has 3 heterocycles. The fourth-order valence-corrected chi connectivity index (χ4v) is 4.11. The average molecular weight is 487 g/mol. The molecular weight excluding hydrogens is 459 g/mol. The number of halogens is 1. The molecule has 4 aromatic rings. The molecular formula is C28H27FN4O3. The standard InChI is InChI=1S/C28H27FN4O3/c1-28(16-31-23(34)15-19-5-3-2-4-6-19)17-35-27(36-18-28)26-32-24(20-7-9-22(29)10-8-20)25(33-26)21-11-13-30-14-12-21/h2-14,27H,15-18H2,1H3,(H,31,34)(H,32,33). The number of carbonyl (C=O) groups is 1. The van der Waals surface area contributed by atoms with Crippen LogP contribution in [-0.4, -0.2) is 40.6 Å². The molecule has 2 N–H and O–H groups in total. The normalized spacial score (nSPS) is 19.7. The Morgan fingerprint density at radius 1 is 1.03 bits per heavy atom. The zero-order chi connectivity index (χ0) is 25.0. The van der Waals surface area contributed by atoms with Gasteiger partial charge in [0.15, 0.2) is 5.82 Å². The molecule has 1 saturated heterocycles. The van der Waals surface area contributed by atoms with Crippen LogP contribution < -0.4 is 5.32 Å². The second-order valence-corrected chi connectivity index (χ2v) is 9.29. The van der Waals surface area contributed by atoms with E-state index in [2.05, 4.69) is 15.3 Å². The SMILES string of the molecule is CC1(CNC(=O)Cc2ccccc2)COC(c2nc(-c3ccc(F)cc3)c(-c3ccncc3)[nH]2)OC1. The van der Waals surface area contributed by atoms with Gasteiger partial charge in [-0.1, -0.05) is 37.3 Å². The summed E-state index contributed by atoms with van der Waals surface area (Å²) in [7, 11) is 0. The van der Waals surface area contributed by atoms with E-state index in [-0.39, 0.29) is 17.1 Å². The van der Waals surface area contributed by atoms with Crippen molar-refractivity contribution < 1.29 is 18.7 Å². The van der Waals surface area contributed by atoms with Crippen LogP contribution in [0.25, 0.3) is 22.5 Å². The number of ether oxygens (including phenoxy) is 2. The number of benzene rings is 2. The average Bonchev–Trinajstić information content (AvgIpc) is 3.35. The quantitative estimate of drug-likeness (QED) is 0.396. The summed E-state index contributed by atoms with van der Waals surface area (Å²) in [6.45, 7) is 3.23. The van der Waals surface area contributed by atoms with Crippen LogP contribution in [0.4, 0.5) is 4.39 Å². The molecule has 184 valence electrons. The fourth-order valence-electron chi connectivity index (χ4n) is 4.11. The predicted octanol–water partition coefficient (Wildman–Crippen LogP) is 4.69. The van der Waals surface area contributed by atoms with Gasteiger partial charge in [-0.3, -0.25) is 9.78 Å². The summed E-state index contributed by atoms with van der Waals surface area (Å²) in [6, 6.07) is 19.6. The Bertz CT molecular complexity index is 1300. The highest BCUT2D eigenvalue weighted by molar-refractivity contribution is 5.79. The molecule has 1 amide bonds. The number of hydrogen-bond donors (Lipinski definition) is 2. The predicted molar refractivity (Wildman–Crippen MR) is 133 cm³/mol. The lowest BCUT2D eigenvalue weighted by atomic mass is 9.92. The lowest BCUT2D eigenvalue weighted by molar-refractivity contribution is -0.232. The van der Waals surface area contributed by atoms with Crippen molar-refractivity contribution in [3.63, 3.8) is 0 Å². The molecule has 8 heteroatoms. The maximum atomic E-state index is 13.5. The van der Waals surface area contributed by atoms with Gasteiger partial charge in [0.1, 0.15) is 5.82 Å². The van der Waals surface area contributed by atoms with Crippen LogP contribution in [-0.2, 0) is 20.7 Å². The minimum absolute atomic E-state index is 0.0403. The fraction of sp³-hybridized carbons (Fsp3) is 0.250. The zero-order valence-corrected chi connectivity index (χ0v) is 19.9. The first kappa shape index (κ1) is 23.8. The first-order valence-corrected chi connectivity index (χ1v) is 11.8. The number of nitrogens with one attached hydrogen (secondary N) is 2. The van der Waals surface area contributed by atoms with E-state index in [1.54, 1.807) is 24.5 Å². The highest BCUT2D eigenvalue weighted by Crippen LogP contribution is 2.35. The van der Waals surface area contributed by atoms with Gasteiger partial charge in [0.25, 0.3) is 0 Å². The summed E-state index contributed by atoms with van der Waals surface area (Å²) in [4.78, 5) is 24.6. The number of amides is 1. The van der Waals surface area contributed by atoms with Crippen molar-refractivity contribution in [3.05, 3.63) is 96.3 Å². The molecule has 5 rings (SSSR count). The number of carbonyl (C=O) groups excluding carboxylic acids is 1. The Morgan fingerprint density at radius 3 is 2.42 bits per heavy atom. The summed E-state index contributed by atoms with van der Waals surface area (Å²) in [5.41, 5.74) is 3.70. The van der Waals surface area contributed by atoms with Crippen molar-refractivity contribution in [2.75, 3.05) is 19.8 Å². The zero-order valence-electron chi connectivity index (χ0n) is 19.9. The smallest absolute Gasteiger partial charge is 0.224 e. The van der Waals surface area contributed by atoms with Gasteiger partial charge in [-0.25, -0.2) is 9.37 Å². The van der Waals surface area contributed by atoms with E-state index in [0.29, 0.717) is 37.7 Å². The number of pyridine rings is 1. The number of aromatic amines is 1. The van der Waals surface area contributed by atoms with Crippen LogP contribution in [0.2, 0.25) is 0 Å². The van der Waals surface area contributed by atoms with Gasteiger partial charge >= 0.3 is 0 Å². The topological polar surface area (TPSA) is 89.1 Å². The van der Waals surface area contributed by atoms with Crippen LogP contribution in [0.5, 0.6) is 0 Å². The molecule has 0 unspecified atom stereocenters. The van der Waals surface area contributed by atoms with Gasteiger partial charge in [-0.15, -0.1) is 0 Å².